The zero-order valence-corrected chi connectivity index (χ0v) is 24.3. The van der Waals surface area contributed by atoms with Crippen LogP contribution in [0.15, 0.2) is 88.9 Å². The molecule has 1 aliphatic rings. The molecule has 2 aromatic carbocycles. The van der Waals surface area contributed by atoms with E-state index in [0.717, 1.165) is 41.9 Å². The lowest BCUT2D eigenvalue weighted by Crippen LogP contribution is -2.21. The summed E-state index contributed by atoms with van der Waals surface area (Å²) < 4.78 is 4.76. The Labute approximate surface area is 238 Å². The number of amides is 2. The fourth-order valence-corrected chi connectivity index (χ4v) is 3.06. The Morgan fingerprint density at radius 3 is 2.18 bits per heavy atom. The van der Waals surface area contributed by atoms with E-state index >= 15 is 0 Å². The van der Waals surface area contributed by atoms with Crippen LogP contribution in [0.1, 0.15) is 46.1 Å². The second-order valence-corrected chi connectivity index (χ2v) is 8.38. The molecule has 0 radical (unpaired) electrons. The molecule has 2 aromatic rings. The number of benzene rings is 2. The first-order valence-electron chi connectivity index (χ1n) is 12.4. The quantitative estimate of drug-likeness (QED) is 0.117. The molecule has 208 valence electrons. The van der Waals surface area contributed by atoms with Crippen LogP contribution in [-0.4, -0.2) is 31.7 Å². The van der Waals surface area contributed by atoms with E-state index in [9.17, 15) is 9.59 Å². The minimum absolute atomic E-state index is 0.180. The largest absolute Gasteiger partial charge is 0.381 e. The minimum atomic E-state index is -0.180. The normalized spacial score (nSPS) is 12.6. The number of methoxy groups -OCH3 is 1. The highest BCUT2D eigenvalue weighted by Gasteiger charge is 2.28. The summed E-state index contributed by atoms with van der Waals surface area (Å²) in [5.74, 6) is 2.07. The number of rotatable bonds is 9. The van der Waals surface area contributed by atoms with Gasteiger partial charge >= 0.3 is 0 Å². The van der Waals surface area contributed by atoms with E-state index in [4.69, 9.17) is 9.88 Å². The van der Waals surface area contributed by atoms with E-state index in [-0.39, 0.29) is 5.91 Å². The number of hydrazone groups is 1. The van der Waals surface area contributed by atoms with Crippen molar-refractivity contribution < 1.29 is 14.3 Å². The minimum Gasteiger partial charge on any atom is -0.381 e. The number of ether oxygens (including phenoxy) is 1. The maximum Gasteiger partial charge on any atom is 0.280 e. The van der Waals surface area contributed by atoms with Gasteiger partial charge in [0.2, 0.25) is 6.41 Å². The molecule has 0 fully saturated rings. The first-order valence-corrected chi connectivity index (χ1v) is 13.3. The molecule has 39 heavy (non-hydrogen) atoms. The van der Waals surface area contributed by atoms with Gasteiger partial charge in [0.25, 0.3) is 5.91 Å². The van der Waals surface area contributed by atoms with Crippen molar-refractivity contribution in [3.05, 3.63) is 84.5 Å². The van der Waals surface area contributed by atoms with Crippen LogP contribution in [0.5, 0.6) is 0 Å². The van der Waals surface area contributed by atoms with Gasteiger partial charge in [-0.25, -0.2) is 0 Å². The maximum atomic E-state index is 12.7. The summed E-state index contributed by atoms with van der Waals surface area (Å²) in [5, 5.41) is 13.8. The molecule has 1 heterocycles. The highest BCUT2D eigenvalue weighted by Crippen LogP contribution is 2.26. The SMILES string of the molecule is C#CC.C=CCC.CC/C=C\COC.CC1=NN(c2ccc(SN)cc2)C(=O)/C1=C\c1ccc(NC=O)cc1. The zero-order chi connectivity index (χ0) is 29.5. The number of hydrogen-bond acceptors (Lipinski definition) is 6. The van der Waals surface area contributed by atoms with Gasteiger partial charge in [-0.1, -0.05) is 44.2 Å². The smallest absolute Gasteiger partial charge is 0.280 e. The van der Waals surface area contributed by atoms with Crippen molar-refractivity contribution in [3.8, 4) is 12.3 Å². The number of nitrogens with two attached hydrogens (primary N) is 1. The molecule has 3 rings (SSSR count). The molecule has 8 heteroatoms. The molecule has 3 N–H and O–H groups in total. The second kappa shape index (κ2) is 22.1. The number of allylic oxidation sites excluding steroid dienone is 2. The van der Waals surface area contributed by atoms with E-state index in [2.05, 4.69) is 49.3 Å². The van der Waals surface area contributed by atoms with Crippen LogP contribution in [0.3, 0.4) is 0 Å². The molecule has 0 saturated heterocycles. The maximum absolute atomic E-state index is 12.7. The Morgan fingerprint density at radius 2 is 1.72 bits per heavy atom. The van der Waals surface area contributed by atoms with E-state index in [1.165, 1.54) is 5.01 Å². The van der Waals surface area contributed by atoms with E-state index in [1.54, 1.807) is 39.2 Å². The third-order valence-corrected chi connectivity index (χ3v) is 5.23. The van der Waals surface area contributed by atoms with Crippen LogP contribution >= 0.6 is 11.9 Å². The zero-order valence-electron chi connectivity index (χ0n) is 23.5. The highest BCUT2D eigenvalue weighted by atomic mass is 32.2. The van der Waals surface area contributed by atoms with Crippen LogP contribution < -0.4 is 15.5 Å². The van der Waals surface area contributed by atoms with Crippen LogP contribution in [0.2, 0.25) is 0 Å². The van der Waals surface area contributed by atoms with Gasteiger partial charge in [-0.05, 0) is 86.7 Å². The van der Waals surface area contributed by atoms with Crippen LogP contribution in [0.25, 0.3) is 6.08 Å². The van der Waals surface area contributed by atoms with Gasteiger partial charge in [-0.3, -0.25) is 14.7 Å². The average Bonchev–Trinajstić information content (AvgIpc) is 3.24. The second-order valence-electron chi connectivity index (χ2n) is 7.68. The Balaban J connectivity index is 0.000000858. The van der Waals surface area contributed by atoms with Gasteiger partial charge < -0.3 is 10.1 Å². The number of hydrogen-bond donors (Lipinski definition) is 2. The lowest BCUT2D eigenvalue weighted by atomic mass is 10.1. The Bertz CT molecular complexity index is 1130. The predicted molar refractivity (Wildman–Crippen MR) is 167 cm³/mol. The molecule has 1 aliphatic heterocycles. The summed E-state index contributed by atoms with van der Waals surface area (Å²) in [5.41, 5.74) is 3.42. The molecule has 0 aliphatic carbocycles. The van der Waals surface area contributed by atoms with Crippen molar-refractivity contribution in [2.45, 2.75) is 45.4 Å². The molecule has 2 amide bonds. The summed E-state index contributed by atoms with van der Waals surface area (Å²) >= 11 is 1.15. The third kappa shape index (κ3) is 14.0. The fourth-order valence-electron chi connectivity index (χ4n) is 2.77. The van der Waals surface area contributed by atoms with Gasteiger partial charge in [0.1, 0.15) is 0 Å². The van der Waals surface area contributed by atoms with Crippen LogP contribution in [0.4, 0.5) is 11.4 Å². The lowest BCUT2D eigenvalue weighted by Gasteiger charge is -2.12. The third-order valence-electron chi connectivity index (χ3n) is 4.68. The van der Waals surface area contributed by atoms with Gasteiger partial charge in [0.15, 0.2) is 0 Å². The number of carbonyl (C=O) groups excluding carboxylic acids is 2. The number of nitrogens with zero attached hydrogens (tertiary/aromatic N) is 2. The van der Waals surface area contributed by atoms with Gasteiger partial charge in [-0.2, -0.15) is 10.1 Å². The van der Waals surface area contributed by atoms with Crippen molar-refractivity contribution in [2.24, 2.45) is 10.2 Å². The number of nitrogens with one attached hydrogen (secondary N) is 1. The van der Waals surface area contributed by atoms with Gasteiger partial charge in [-0.15, -0.1) is 18.9 Å². The van der Waals surface area contributed by atoms with Crippen molar-refractivity contribution in [3.63, 3.8) is 0 Å². The number of terminal acetylenes is 1. The Kier molecular flexibility index (Phi) is 19.9. The summed E-state index contributed by atoms with van der Waals surface area (Å²) in [6.07, 6.45) is 15.2. The van der Waals surface area contributed by atoms with Crippen molar-refractivity contribution in [1.82, 2.24) is 0 Å². The highest BCUT2D eigenvalue weighted by molar-refractivity contribution is 7.97. The van der Waals surface area contributed by atoms with Gasteiger partial charge in [0.05, 0.1) is 23.6 Å². The monoisotopic (exact) mass is 548 g/mol. The van der Waals surface area contributed by atoms with E-state index < -0.39 is 0 Å². The standard InChI is InChI=1S/C18H16N4O2S.C6H12O.C4H8.C3H4/c1-12-17(10-13-2-4-14(5-3-13)20-11-23)18(24)22(21-12)15-6-8-16(25-19)9-7-15;1-3-4-5-6-7-2;1-3-4-2;1-3-2/h2-11H,19H2,1H3,(H,20,23);4-5H,3,6H2,1-2H3;3H,1,4H2,2H3;1H,2H3/b17-10-;5-4-;;. The summed E-state index contributed by atoms with van der Waals surface area (Å²) in [6.45, 7) is 11.8. The first kappa shape index (κ1) is 35.1. The molecule has 0 saturated carbocycles. The topological polar surface area (TPSA) is 97.0 Å². The molecular formula is C31H40N4O3S. The fraction of sp³-hybridized carbons (Fsp3) is 0.258. The first-order chi connectivity index (χ1) is 18.9. The molecule has 0 aromatic heterocycles. The predicted octanol–water partition coefficient (Wildman–Crippen LogP) is 6.85. The van der Waals surface area contributed by atoms with E-state index in [1.807, 2.05) is 48.6 Å². The molecule has 0 unspecified atom stereocenters. The lowest BCUT2D eigenvalue weighted by molar-refractivity contribution is -0.114. The van der Waals surface area contributed by atoms with Crippen molar-refractivity contribution in [1.29, 1.82) is 0 Å². The van der Waals surface area contributed by atoms with Crippen molar-refractivity contribution in [2.75, 3.05) is 24.0 Å². The average molecular weight is 549 g/mol. The van der Waals surface area contributed by atoms with Crippen molar-refractivity contribution >= 4 is 47.4 Å². The molecule has 0 bridgehead atoms. The van der Waals surface area contributed by atoms with E-state index in [0.29, 0.717) is 29.1 Å². The molecule has 0 spiro atoms. The molecule has 7 nitrogen and oxygen atoms in total. The van der Waals surface area contributed by atoms with Crippen LogP contribution in [0, 0.1) is 12.3 Å². The summed E-state index contributed by atoms with van der Waals surface area (Å²) in [7, 11) is 1.69. The number of anilines is 2. The van der Waals surface area contributed by atoms with Gasteiger partial charge in [0, 0.05) is 17.7 Å². The number of carbonyl (C=O) groups is 2. The Hall–Kier alpha value is -3.90. The summed E-state index contributed by atoms with van der Waals surface area (Å²) in [6, 6.07) is 14.5. The summed E-state index contributed by atoms with van der Waals surface area (Å²) in [4.78, 5) is 24.0. The molecular weight excluding hydrogens is 508 g/mol. The molecule has 0 atom stereocenters. The van der Waals surface area contributed by atoms with Crippen LogP contribution in [-0.2, 0) is 14.3 Å². The Morgan fingerprint density at radius 1 is 1.13 bits per heavy atom.